The molecular formula is C13H15BrN2OS. The first kappa shape index (κ1) is 13.4. The van der Waals surface area contributed by atoms with Crippen LogP contribution in [0.15, 0.2) is 22.7 Å². The molecule has 0 bridgehead atoms. The van der Waals surface area contributed by atoms with Gasteiger partial charge in [0.1, 0.15) is 4.88 Å². The van der Waals surface area contributed by atoms with Crippen LogP contribution in [0.1, 0.15) is 29.4 Å². The van der Waals surface area contributed by atoms with E-state index < -0.39 is 0 Å². The molecule has 0 aliphatic carbocycles. The number of nitrogen functional groups attached to an aromatic ring is 1. The molecule has 1 aromatic heterocycles. The summed E-state index contributed by atoms with van der Waals surface area (Å²) in [5.41, 5.74) is 6.62. The molecule has 0 fully saturated rings. The molecule has 0 saturated carbocycles. The molecule has 0 radical (unpaired) electrons. The topological polar surface area (TPSA) is 55.1 Å². The molecule has 3 nitrogen and oxygen atoms in total. The lowest BCUT2D eigenvalue weighted by molar-refractivity contribution is 0.0958. The van der Waals surface area contributed by atoms with Gasteiger partial charge < -0.3 is 11.1 Å². The third-order valence-electron chi connectivity index (χ3n) is 2.71. The lowest BCUT2D eigenvalue weighted by atomic mass is 10.2. The van der Waals surface area contributed by atoms with Gasteiger partial charge in [-0.05, 0) is 24.6 Å². The summed E-state index contributed by atoms with van der Waals surface area (Å²) in [5.74, 6) is -0.0710. The zero-order valence-electron chi connectivity index (χ0n) is 10.1. The maximum atomic E-state index is 12.0. The minimum absolute atomic E-state index is 0.0710. The molecule has 0 aliphatic heterocycles. The van der Waals surface area contributed by atoms with Crippen LogP contribution in [-0.2, 0) is 0 Å². The van der Waals surface area contributed by atoms with Crippen LogP contribution in [0.25, 0.3) is 10.1 Å². The number of nitrogens with two attached hydrogens (primary N) is 1. The third kappa shape index (κ3) is 2.67. The standard InChI is InChI=1S/C13H15BrN2OS/c1-2-3-6-16-13(17)12-11(15)9-7-8(14)4-5-10(9)18-12/h4-5,7H,2-3,6,15H2,1H3,(H,16,17). The number of halogens is 1. The van der Waals surface area contributed by atoms with Crippen molar-refractivity contribution in [1.82, 2.24) is 5.32 Å². The Morgan fingerprint density at radius 1 is 1.50 bits per heavy atom. The van der Waals surface area contributed by atoms with Gasteiger partial charge >= 0.3 is 0 Å². The predicted octanol–water partition coefficient (Wildman–Crippen LogP) is 3.78. The molecule has 2 aromatic rings. The normalized spacial score (nSPS) is 10.8. The number of fused-ring (bicyclic) bond motifs is 1. The fourth-order valence-corrected chi connectivity index (χ4v) is 3.10. The van der Waals surface area contributed by atoms with Gasteiger partial charge in [0.2, 0.25) is 0 Å². The average molecular weight is 327 g/mol. The molecule has 1 heterocycles. The van der Waals surface area contributed by atoms with Gasteiger partial charge in [-0.15, -0.1) is 11.3 Å². The van der Waals surface area contributed by atoms with Gasteiger partial charge in [0.25, 0.3) is 5.91 Å². The van der Waals surface area contributed by atoms with Crippen molar-refractivity contribution in [3.05, 3.63) is 27.5 Å². The quantitative estimate of drug-likeness (QED) is 0.840. The highest BCUT2D eigenvalue weighted by atomic mass is 79.9. The molecule has 2 rings (SSSR count). The molecule has 1 amide bonds. The second-order valence-corrected chi connectivity index (χ2v) is 6.06. The maximum absolute atomic E-state index is 12.0. The van der Waals surface area contributed by atoms with Crippen molar-refractivity contribution in [2.45, 2.75) is 19.8 Å². The Balaban J connectivity index is 2.28. The zero-order valence-corrected chi connectivity index (χ0v) is 12.5. The van der Waals surface area contributed by atoms with Gasteiger partial charge in [0, 0.05) is 21.1 Å². The van der Waals surface area contributed by atoms with Gasteiger partial charge in [0.15, 0.2) is 0 Å². The molecule has 3 N–H and O–H groups in total. The number of carbonyl (C=O) groups excluding carboxylic acids is 1. The van der Waals surface area contributed by atoms with Crippen molar-refractivity contribution in [3.8, 4) is 0 Å². The molecule has 0 spiro atoms. The first-order chi connectivity index (χ1) is 8.63. The van der Waals surface area contributed by atoms with Crippen LogP contribution in [-0.4, -0.2) is 12.5 Å². The fourth-order valence-electron chi connectivity index (χ4n) is 1.72. The SMILES string of the molecule is CCCCNC(=O)c1sc2ccc(Br)cc2c1N. The summed E-state index contributed by atoms with van der Waals surface area (Å²) in [5, 5.41) is 3.84. The van der Waals surface area contributed by atoms with E-state index in [9.17, 15) is 4.79 Å². The highest BCUT2D eigenvalue weighted by Gasteiger charge is 2.15. The summed E-state index contributed by atoms with van der Waals surface area (Å²) >= 11 is 4.85. The Labute approximate surface area is 118 Å². The molecule has 0 unspecified atom stereocenters. The number of benzene rings is 1. The van der Waals surface area contributed by atoms with Crippen LogP contribution < -0.4 is 11.1 Å². The van der Waals surface area contributed by atoms with Crippen molar-refractivity contribution < 1.29 is 4.79 Å². The smallest absolute Gasteiger partial charge is 0.263 e. The lowest BCUT2D eigenvalue weighted by Gasteiger charge is -2.02. The molecular weight excluding hydrogens is 312 g/mol. The minimum atomic E-state index is -0.0710. The summed E-state index contributed by atoms with van der Waals surface area (Å²) in [6.45, 7) is 2.80. The fraction of sp³-hybridized carbons (Fsp3) is 0.308. The van der Waals surface area contributed by atoms with E-state index in [1.807, 2.05) is 18.2 Å². The Morgan fingerprint density at radius 2 is 2.28 bits per heavy atom. The van der Waals surface area contributed by atoms with Crippen molar-refractivity contribution in [3.63, 3.8) is 0 Å². The second kappa shape index (κ2) is 5.71. The minimum Gasteiger partial charge on any atom is -0.397 e. The molecule has 0 atom stereocenters. The van der Waals surface area contributed by atoms with Crippen molar-refractivity contribution in [2.75, 3.05) is 12.3 Å². The number of unbranched alkanes of at least 4 members (excludes halogenated alkanes) is 1. The predicted molar refractivity (Wildman–Crippen MR) is 81.2 cm³/mol. The molecule has 1 aromatic carbocycles. The highest BCUT2D eigenvalue weighted by Crippen LogP contribution is 2.35. The second-order valence-electron chi connectivity index (χ2n) is 4.09. The number of hydrogen-bond acceptors (Lipinski definition) is 3. The number of amides is 1. The van der Waals surface area contributed by atoms with E-state index >= 15 is 0 Å². The van der Waals surface area contributed by atoms with Crippen molar-refractivity contribution in [1.29, 1.82) is 0 Å². The van der Waals surface area contributed by atoms with Crippen LogP contribution in [0.2, 0.25) is 0 Å². The van der Waals surface area contributed by atoms with Crippen molar-refractivity contribution >= 4 is 48.9 Å². The van der Waals surface area contributed by atoms with E-state index in [0.29, 0.717) is 17.1 Å². The molecule has 96 valence electrons. The van der Waals surface area contributed by atoms with E-state index in [4.69, 9.17) is 5.73 Å². The summed E-state index contributed by atoms with van der Waals surface area (Å²) < 4.78 is 2.01. The Kier molecular flexibility index (Phi) is 4.24. The van der Waals surface area contributed by atoms with Crippen LogP contribution in [0, 0.1) is 0 Å². The number of carbonyl (C=O) groups is 1. The summed E-state index contributed by atoms with van der Waals surface area (Å²) in [4.78, 5) is 12.6. The molecule has 0 saturated heterocycles. The van der Waals surface area contributed by atoms with Crippen LogP contribution in [0.5, 0.6) is 0 Å². The first-order valence-electron chi connectivity index (χ1n) is 5.89. The van der Waals surface area contributed by atoms with Gasteiger partial charge in [0.05, 0.1) is 5.69 Å². The third-order valence-corrected chi connectivity index (χ3v) is 4.39. The molecule has 5 heteroatoms. The molecule has 18 heavy (non-hydrogen) atoms. The van der Waals surface area contributed by atoms with E-state index in [1.54, 1.807) is 0 Å². The van der Waals surface area contributed by atoms with Crippen LogP contribution in [0.3, 0.4) is 0 Å². The molecule has 0 aliphatic rings. The number of nitrogens with one attached hydrogen (secondary N) is 1. The van der Waals surface area contributed by atoms with E-state index in [0.717, 1.165) is 27.4 Å². The summed E-state index contributed by atoms with van der Waals surface area (Å²) in [6.07, 6.45) is 2.05. The number of rotatable bonds is 4. The van der Waals surface area contributed by atoms with E-state index in [1.165, 1.54) is 11.3 Å². The Bertz CT molecular complexity index is 580. The lowest BCUT2D eigenvalue weighted by Crippen LogP contribution is -2.24. The first-order valence-corrected chi connectivity index (χ1v) is 7.50. The van der Waals surface area contributed by atoms with E-state index in [-0.39, 0.29) is 5.91 Å². The van der Waals surface area contributed by atoms with Crippen LogP contribution in [0.4, 0.5) is 5.69 Å². The highest BCUT2D eigenvalue weighted by molar-refractivity contribution is 9.10. The number of thiophene rings is 1. The van der Waals surface area contributed by atoms with Gasteiger partial charge in [-0.1, -0.05) is 29.3 Å². The van der Waals surface area contributed by atoms with Crippen molar-refractivity contribution in [2.24, 2.45) is 0 Å². The van der Waals surface area contributed by atoms with Crippen LogP contribution >= 0.6 is 27.3 Å². The Morgan fingerprint density at radius 3 is 3.00 bits per heavy atom. The maximum Gasteiger partial charge on any atom is 0.263 e. The zero-order chi connectivity index (χ0) is 13.1. The van der Waals surface area contributed by atoms with Gasteiger partial charge in [-0.25, -0.2) is 0 Å². The average Bonchev–Trinajstić information content (AvgIpc) is 2.67. The Hall–Kier alpha value is -1.07. The summed E-state index contributed by atoms with van der Waals surface area (Å²) in [7, 11) is 0. The van der Waals surface area contributed by atoms with E-state index in [2.05, 4.69) is 28.2 Å². The number of anilines is 1. The largest absolute Gasteiger partial charge is 0.397 e. The number of hydrogen-bond donors (Lipinski definition) is 2. The van der Waals surface area contributed by atoms with Gasteiger partial charge in [-0.2, -0.15) is 0 Å². The summed E-state index contributed by atoms with van der Waals surface area (Å²) in [6, 6.07) is 5.88. The van der Waals surface area contributed by atoms with Gasteiger partial charge in [-0.3, -0.25) is 4.79 Å². The monoisotopic (exact) mass is 326 g/mol.